The number of phenols is 2. The number of ether oxygens (including phenoxy) is 4. The van der Waals surface area contributed by atoms with E-state index in [0.717, 1.165) is 0 Å². The van der Waals surface area contributed by atoms with E-state index in [1.54, 1.807) is 0 Å². The van der Waals surface area contributed by atoms with Crippen LogP contribution in [-0.4, -0.2) is 36.4 Å². The summed E-state index contributed by atoms with van der Waals surface area (Å²) < 4.78 is 20.0. The third-order valence-electron chi connectivity index (χ3n) is 3.30. The Morgan fingerprint density at radius 1 is 0.667 bits per heavy atom. The standard InChI is InChI=1S/2C8H6O4/c2*9-3-5-1-7-8(2-6(5)10)12-4-11-7/h2*1-3,10H,4H2. The van der Waals surface area contributed by atoms with Crippen LogP contribution in [-0.2, 0) is 0 Å². The molecule has 0 fully saturated rings. The molecule has 0 amide bonds. The van der Waals surface area contributed by atoms with E-state index in [1.165, 1.54) is 24.3 Å². The SMILES string of the molecule is O=Cc1cc2c(cc1O)OCO2.O=Cc1cc2c(cc1O)OCO2. The molecule has 2 aliphatic heterocycles. The minimum Gasteiger partial charge on any atom is -0.507 e. The molecule has 0 atom stereocenters. The molecule has 0 bridgehead atoms. The highest BCUT2D eigenvalue weighted by Crippen LogP contribution is 2.37. The first kappa shape index (κ1) is 15.5. The molecule has 124 valence electrons. The topological polar surface area (TPSA) is 112 Å². The van der Waals surface area contributed by atoms with E-state index in [4.69, 9.17) is 18.9 Å². The van der Waals surface area contributed by atoms with Crippen molar-refractivity contribution in [1.29, 1.82) is 0 Å². The highest BCUT2D eigenvalue weighted by atomic mass is 16.7. The molecule has 0 aromatic heterocycles. The van der Waals surface area contributed by atoms with Gasteiger partial charge in [0, 0.05) is 12.1 Å². The Kier molecular flexibility index (Phi) is 4.11. The van der Waals surface area contributed by atoms with Gasteiger partial charge in [-0.3, -0.25) is 9.59 Å². The molecule has 2 aliphatic rings. The van der Waals surface area contributed by atoms with Gasteiger partial charge >= 0.3 is 0 Å². The smallest absolute Gasteiger partial charge is 0.231 e. The summed E-state index contributed by atoms with van der Waals surface area (Å²) >= 11 is 0. The van der Waals surface area contributed by atoms with Gasteiger partial charge < -0.3 is 29.2 Å². The van der Waals surface area contributed by atoms with Gasteiger partial charge in [0.1, 0.15) is 11.5 Å². The summed E-state index contributed by atoms with van der Waals surface area (Å²) in [6, 6.07) is 5.63. The number of aldehydes is 2. The van der Waals surface area contributed by atoms with Crippen LogP contribution in [0.25, 0.3) is 0 Å². The maximum Gasteiger partial charge on any atom is 0.231 e. The molecule has 8 nitrogen and oxygen atoms in total. The Morgan fingerprint density at radius 2 is 1.00 bits per heavy atom. The molecular formula is C16H12O8. The van der Waals surface area contributed by atoms with Gasteiger partial charge in [0.2, 0.25) is 13.6 Å². The lowest BCUT2D eigenvalue weighted by atomic mass is 10.2. The molecule has 2 aromatic carbocycles. The number of hydrogen-bond acceptors (Lipinski definition) is 8. The van der Waals surface area contributed by atoms with Crippen LogP contribution in [0.4, 0.5) is 0 Å². The molecule has 0 aliphatic carbocycles. The largest absolute Gasteiger partial charge is 0.507 e. The lowest BCUT2D eigenvalue weighted by molar-refractivity contribution is 0.111. The molecule has 2 N–H and O–H groups in total. The first-order valence-electron chi connectivity index (χ1n) is 6.78. The predicted octanol–water partition coefficient (Wildman–Crippen LogP) is 1.87. The Hall–Kier alpha value is -3.42. The van der Waals surface area contributed by atoms with Crippen molar-refractivity contribution in [3.8, 4) is 34.5 Å². The zero-order valence-electron chi connectivity index (χ0n) is 12.2. The normalized spacial score (nSPS) is 13.0. The van der Waals surface area contributed by atoms with Crippen LogP contribution >= 0.6 is 0 Å². The summed E-state index contributed by atoms with van der Waals surface area (Å²) in [6.07, 6.45) is 1.13. The fourth-order valence-corrected chi connectivity index (χ4v) is 2.08. The second-order valence-corrected chi connectivity index (χ2v) is 4.76. The van der Waals surface area contributed by atoms with E-state index in [9.17, 15) is 19.8 Å². The zero-order chi connectivity index (χ0) is 17.1. The highest BCUT2D eigenvalue weighted by molar-refractivity contribution is 5.81. The van der Waals surface area contributed by atoms with Crippen LogP contribution in [0.5, 0.6) is 34.5 Å². The lowest BCUT2D eigenvalue weighted by Gasteiger charge is -1.98. The monoisotopic (exact) mass is 332 g/mol. The summed E-state index contributed by atoms with van der Waals surface area (Å²) in [5, 5.41) is 18.4. The van der Waals surface area contributed by atoms with Gasteiger partial charge in [0.15, 0.2) is 35.6 Å². The maximum absolute atomic E-state index is 10.4. The molecule has 2 heterocycles. The molecule has 0 unspecified atom stereocenters. The molecule has 0 saturated heterocycles. The van der Waals surface area contributed by atoms with Gasteiger partial charge in [-0.2, -0.15) is 0 Å². The van der Waals surface area contributed by atoms with Crippen molar-refractivity contribution < 1.29 is 38.7 Å². The number of rotatable bonds is 2. The van der Waals surface area contributed by atoms with E-state index in [1.807, 2.05) is 0 Å². The van der Waals surface area contributed by atoms with Crippen molar-refractivity contribution in [3.05, 3.63) is 35.4 Å². The molecule has 24 heavy (non-hydrogen) atoms. The van der Waals surface area contributed by atoms with Crippen LogP contribution in [0.3, 0.4) is 0 Å². The van der Waals surface area contributed by atoms with E-state index in [0.29, 0.717) is 35.6 Å². The first-order chi connectivity index (χ1) is 11.6. The number of carbonyl (C=O) groups is 2. The Balaban J connectivity index is 0.000000141. The first-order valence-corrected chi connectivity index (χ1v) is 6.78. The average Bonchev–Trinajstić information content (AvgIpc) is 3.21. The fraction of sp³-hybridized carbons (Fsp3) is 0.125. The lowest BCUT2D eigenvalue weighted by Crippen LogP contribution is -1.92. The molecular weight excluding hydrogens is 320 g/mol. The van der Waals surface area contributed by atoms with Gasteiger partial charge in [-0.1, -0.05) is 0 Å². The van der Waals surface area contributed by atoms with E-state index in [2.05, 4.69) is 0 Å². The van der Waals surface area contributed by atoms with Crippen molar-refractivity contribution in [2.45, 2.75) is 0 Å². The number of hydrogen-bond donors (Lipinski definition) is 2. The van der Waals surface area contributed by atoms with Crippen molar-refractivity contribution >= 4 is 12.6 Å². The number of aromatic hydroxyl groups is 2. The minimum atomic E-state index is -0.0887. The zero-order valence-corrected chi connectivity index (χ0v) is 12.2. The molecule has 0 saturated carbocycles. The Bertz CT molecular complexity index is 732. The third-order valence-corrected chi connectivity index (χ3v) is 3.30. The van der Waals surface area contributed by atoms with Gasteiger partial charge in [-0.05, 0) is 12.1 Å². The summed E-state index contributed by atoms with van der Waals surface area (Å²) in [6.45, 7) is 0.272. The van der Waals surface area contributed by atoms with Crippen LogP contribution in [0.2, 0.25) is 0 Å². The van der Waals surface area contributed by atoms with E-state index < -0.39 is 0 Å². The molecule has 4 rings (SSSR count). The van der Waals surface area contributed by atoms with Crippen molar-refractivity contribution in [2.75, 3.05) is 13.6 Å². The minimum absolute atomic E-state index is 0.0887. The summed E-state index contributed by atoms with van der Waals surface area (Å²) in [4.78, 5) is 20.7. The van der Waals surface area contributed by atoms with Crippen LogP contribution < -0.4 is 18.9 Å². The number of fused-ring (bicyclic) bond motifs is 2. The molecule has 2 aromatic rings. The van der Waals surface area contributed by atoms with Gasteiger partial charge in [-0.15, -0.1) is 0 Å². The second kappa shape index (κ2) is 6.37. The van der Waals surface area contributed by atoms with Crippen LogP contribution in [0.1, 0.15) is 20.7 Å². The molecule has 8 heteroatoms. The molecule has 0 radical (unpaired) electrons. The Labute approximate surface area is 135 Å². The van der Waals surface area contributed by atoms with Crippen LogP contribution in [0, 0.1) is 0 Å². The summed E-state index contributed by atoms with van der Waals surface area (Å²) in [5.41, 5.74) is 0.415. The predicted molar refractivity (Wildman–Crippen MR) is 79.2 cm³/mol. The van der Waals surface area contributed by atoms with E-state index >= 15 is 0 Å². The third kappa shape index (κ3) is 2.89. The van der Waals surface area contributed by atoms with Gasteiger partial charge in [0.05, 0.1) is 11.1 Å². The van der Waals surface area contributed by atoms with Crippen molar-refractivity contribution in [1.82, 2.24) is 0 Å². The van der Waals surface area contributed by atoms with E-state index in [-0.39, 0.29) is 36.2 Å². The Morgan fingerprint density at radius 3 is 1.33 bits per heavy atom. The average molecular weight is 332 g/mol. The van der Waals surface area contributed by atoms with Crippen LogP contribution in [0.15, 0.2) is 24.3 Å². The maximum atomic E-state index is 10.4. The van der Waals surface area contributed by atoms with Gasteiger partial charge in [0.25, 0.3) is 0 Å². The quantitative estimate of drug-likeness (QED) is 0.802. The second-order valence-electron chi connectivity index (χ2n) is 4.76. The number of carbonyl (C=O) groups excluding carboxylic acids is 2. The molecule has 0 spiro atoms. The van der Waals surface area contributed by atoms with Crippen molar-refractivity contribution in [3.63, 3.8) is 0 Å². The number of phenolic OH excluding ortho intramolecular Hbond substituents is 2. The highest BCUT2D eigenvalue weighted by Gasteiger charge is 2.17. The summed E-state index contributed by atoms with van der Waals surface area (Å²) in [7, 11) is 0. The summed E-state index contributed by atoms with van der Waals surface area (Å²) in [5.74, 6) is 1.75. The van der Waals surface area contributed by atoms with Gasteiger partial charge in [-0.25, -0.2) is 0 Å². The fourth-order valence-electron chi connectivity index (χ4n) is 2.08. The van der Waals surface area contributed by atoms with Crippen molar-refractivity contribution in [2.24, 2.45) is 0 Å². The number of benzene rings is 2.